The van der Waals surface area contributed by atoms with E-state index in [1.54, 1.807) is 0 Å². The van der Waals surface area contributed by atoms with Crippen LogP contribution in [-0.4, -0.2) is 4.57 Å². The molecule has 0 saturated carbocycles. The summed E-state index contributed by atoms with van der Waals surface area (Å²) in [6.07, 6.45) is 0. The maximum Gasteiger partial charge on any atom is 0.136 e. The molecule has 13 aromatic rings. The number of anilines is 3. The van der Waals surface area contributed by atoms with Crippen molar-refractivity contribution >= 4 is 60.8 Å². The predicted molar refractivity (Wildman–Crippen MR) is 290 cm³/mol. The van der Waals surface area contributed by atoms with Crippen LogP contribution in [0.25, 0.3) is 105 Å². The minimum atomic E-state index is 0.887. The molecule has 3 nitrogen and oxygen atoms in total. The number of rotatable bonds is 9. The highest BCUT2D eigenvalue weighted by Crippen LogP contribution is 2.41. The van der Waals surface area contributed by atoms with E-state index in [1.165, 1.54) is 55.2 Å². The second-order valence-electron chi connectivity index (χ2n) is 17.7. The third kappa shape index (κ3) is 7.34. The van der Waals surface area contributed by atoms with Gasteiger partial charge in [0.2, 0.25) is 0 Å². The van der Waals surface area contributed by atoms with Gasteiger partial charge in [-0.2, -0.15) is 0 Å². The van der Waals surface area contributed by atoms with Crippen LogP contribution in [0.5, 0.6) is 0 Å². The van der Waals surface area contributed by atoms with Crippen LogP contribution in [0.3, 0.4) is 0 Å². The van der Waals surface area contributed by atoms with Crippen LogP contribution >= 0.6 is 0 Å². The third-order valence-electron chi connectivity index (χ3n) is 13.6. The van der Waals surface area contributed by atoms with Gasteiger partial charge in [-0.3, -0.25) is 0 Å². The average molecular weight is 881 g/mol. The molecule has 0 amide bonds. The first-order valence-electron chi connectivity index (χ1n) is 23.6. The number of para-hydroxylation sites is 3. The molecule has 0 aliphatic rings. The summed E-state index contributed by atoms with van der Waals surface area (Å²) < 4.78 is 8.70. The molecular weight excluding hydrogens is 837 g/mol. The first-order valence-corrected chi connectivity index (χ1v) is 23.6. The number of hydrogen-bond donors (Lipinski definition) is 0. The molecule has 0 aliphatic carbocycles. The molecule has 0 saturated heterocycles. The summed E-state index contributed by atoms with van der Waals surface area (Å²) in [5.74, 6) is 0. The Labute approximate surface area is 401 Å². The van der Waals surface area contributed by atoms with Gasteiger partial charge in [0.25, 0.3) is 0 Å². The van der Waals surface area contributed by atoms with Gasteiger partial charge in [-0.05, 0) is 147 Å². The Morgan fingerprint density at radius 1 is 0.246 bits per heavy atom. The summed E-state index contributed by atoms with van der Waals surface area (Å²) in [4.78, 5) is 2.37. The number of furan rings is 1. The Balaban J connectivity index is 0.856. The lowest BCUT2D eigenvalue weighted by atomic mass is 9.98. The van der Waals surface area contributed by atoms with Gasteiger partial charge in [-0.25, -0.2) is 0 Å². The Hall–Kier alpha value is -9.18. The molecule has 0 atom stereocenters. The first-order chi connectivity index (χ1) is 34.2. The lowest BCUT2D eigenvalue weighted by molar-refractivity contribution is 0.669. The van der Waals surface area contributed by atoms with Crippen molar-refractivity contribution in [1.82, 2.24) is 4.57 Å². The summed E-state index contributed by atoms with van der Waals surface area (Å²) in [5, 5.41) is 4.79. The van der Waals surface area contributed by atoms with E-state index >= 15 is 0 Å². The Morgan fingerprint density at radius 3 is 1.25 bits per heavy atom. The van der Waals surface area contributed by atoms with Crippen LogP contribution in [0.2, 0.25) is 0 Å². The lowest BCUT2D eigenvalue weighted by Crippen LogP contribution is -2.10. The van der Waals surface area contributed by atoms with Crippen LogP contribution in [0.1, 0.15) is 0 Å². The van der Waals surface area contributed by atoms with Gasteiger partial charge >= 0.3 is 0 Å². The van der Waals surface area contributed by atoms with Crippen molar-refractivity contribution in [3.05, 3.63) is 267 Å². The van der Waals surface area contributed by atoms with E-state index < -0.39 is 0 Å². The fraction of sp³-hybridized carbons (Fsp3) is 0. The van der Waals surface area contributed by atoms with Gasteiger partial charge in [-0.15, -0.1) is 0 Å². The fourth-order valence-electron chi connectivity index (χ4n) is 10.2. The maximum atomic E-state index is 6.34. The van der Waals surface area contributed by atoms with Gasteiger partial charge < -0.3 is 13.9 Å². The second-order valence-corrected chi connectivity index (χ2v) is 17.7. The van der Waals surface area contributed by atoms with Crippen LogP contribution in [0, 0.1) is 0 Å². The molecule has 2 heterocycles. The fourth-order valence-corrected chi connectivity index (χ4v) is 10.2. The number of hydrogen-bond acceptors (Lipinski definition) is 2. The van der Waals surface area contributed by atoms with Crippen molar-refractivity contribution in [3.8, 4) is 61.3 Å². The summed E-state index contributed by atoms with van der Waals surface area (Å²) in [6, 6.07) is 96.1. The molecule has 69 heavy (non-hydrogen) atoms. The highest BCUT2D eigenvalue weighted by molar-refractivity contribution is 6.09. The maximum absolute atomic E-state index is 6.34. The SMILES string of the molecule is c1ccc(-c2cccc(-c3cccc(N(c4ccc(-c5cccc(-c6ccc(-n7c8ccccc8c8ccccc87)cc6)c5)cc4)c4cccc(-c5ccc6c(c5)oc5ccccc56)c4)c3)c2)cc1. The topological polar surface area (TPSA) is 21.3 Å². The van der Waals surface area contributed by atoms with E-state index in [0.717, 1.165) is 66.9 Å². The molecule has 0 unspecified atom stereocenters. The van der Waals surface area contributed by atoms with E-state index in [1.807, 2.05) is 12.1 Å². The highest BCUT2D eigenvalue weighted by Gasteiger charge is 2.17. The van der Waals surface area contributed by atoms with Gasteiger partial charge in [0.1, 0.15) is 11.2 Å². The van der Waals surface area contributed by atoms with Gasteiger partial charge in [0, 0.05) is 44.3 Å². The summed E-state index contributed by atoms with van der Waals surface area (Å²) in [6.45, 7) is 0. The molecule has 324 valence electrons. The largest absolute Gasteiger partial charge is 0.456 e. The van der Waals surface area contributed by atoms with Crippen molar-refractivity contribution in [2.24, 2.45) is 0 Å². The molecule has 0 aliphatic heterocycles. The molecule has 3 heteroatoms. The molecule has 2 aromatic heterocycles. The van der Waals surface area contributed by atoms with Crippen molar-refractivity contribution < 1.29 is 4.42 Å². The molecule has 0 spiro atoms. The van der Waals surface area contributed by atoms with Gasteiger partial charge in [-0.1, -0.05) is 176 Å². The van der Waals surface area contributed by atoms with E-state index in [0.29, 0.717) is 0 Å². The zero-order valence-electron chi connectivity index (χ0n) is 37.7. The standard InChI is InChI=1S/C66H44N2O/c1-2-14-45(15-3-1)48-16-11-19-51(41-48)52-20-12-22-57(42-52)67(58-23-13-21-53(43-58)54-34-39-62-61-26-6-9-29-65(61)69-66(62)44-54)55-35-30-46(31-36-55)49-17-10-18-50(40-49)47-32-37-56(38-33-47)68-63-27-7-4-24-59(63)60-25-5-8-28-64(60)68/h1-44H. The Morgan fingerprint density at radius 2 is 0.652 bits per heavy atom. The molecular formula is C66H44N2O. The van der Waals surface area contributed by atoms with Gasteiger partial charge in [0.05, 0.1) is 11.0 Å². The quantitative estimate of drug-likeness (QED) is 0.144. The van der Waals surface area contributed by atoms with Crippen molar-refractivity contribution in [2.45, 2.75) is 0 Å². The van der Waals surface area contributed by atoms with Crippen LogP contribution < -0.4 is 4.90 Å². The second kappa shape index (κ2) is 16.9. The normalized spacial score (nSPS) is 11.5. The Kier molecular flexibility index (Phi) is 9.84. The van der Waals surface area contributed by atoms with E-state index in [4.69, 9.17) is 4.42 Å². The van der Waals surface area contributed by atoms with E-state index in [9.17, 15) is 0 Å². The molecule has 0 radical (unpaired) electrons. The summed E-state index contributed by atoms with van der Waals surface area (Å²) >= 11 is 0. The molecule has 0 N–H and O–H groups in total. The number of aromatic nitrogens is 1. The third-order valence-corrected chi connectivity index (χ3v) is 13.6. The number of benzene rings is 11. The summed E-state index contributed by atoms with van der Waals surface area (Å²) in [7, 11) is 0. The molecule has 0 bridgehead atoms. The van der Waals surface area contributed by atoms with Gasteiger partial charge in [0.15, 0.2) is 0 Å². The zero-order chi connectivity index (χ0) is 45.7. The van der Waals surface area contributed by atoms with Crippen LogP contribution in [-0.2, 0) is 0 Å². The minimum Gasteiger partial charge on any atom is -0.456 e. The number of fused-ring (bicyclic) bond motifs is 6. The Bertz CT molecular complexity index is 3960. The van der Waals surface area contributed by atoms with Crippen LogP contribution in [0.4, 0.5) is 17.1 Å². The van der Waals surface area contributed by atoms with E-state index in [2.05, 4.69) is 264 Å². The van der Waals surface area contributed by atoms with Crippen LogP contribution in [0.15, 0.2) is 271 Å². The zero-order valence-corrected chi connectivity index (χ0v) is 37.7. The molecule has 11 aromatic carbocycles. The highest BCUT2D eigenvalue weighted by atomic mass is 16.3. The summed E-state index contributed by atoms with van der Waals surface area (Å²) in [5.41, 5.74) is 20.2. The lowest BCUT2D eigenvalue weighted by Gasteiger charge is -2.27. The van der Waals surface area contributed by atoms with Crippen molar-refractivity contribution in [2.75, 3.05) is 4.90 Å². The molecule has 13 rings (SSSR count). The van der Waals surface area contributed by atoms with Crippen molar-refractivity contribution in [1.29, 1.82) is 0 Å². The monoisotopic (exact) mass is 880 g/mol. The minimum absolute atomic E-state index is 0.887. The van der Waals surface area contributed by atoms with Crippen molar-refractivity contribution in [3.63, 3.8) is 0 Å². The van der Waals surface area contributed by atoms with E-state index in [-0.39, 0.29) is 0 Å². The smallest absolute Gasteiger partial charge is 0.136 e. The predicted octanol–water partition coefficient (Wildman–Crippen LogP) is 18.5. The number of nitrogens with zero attached hydrogens (tertiary/aromatic N) is 2. The average Bonchev–Trinajstić information content (AvgIpc) is 3.97. The molecule has 0 fully saturated rings. The first kappa shape index (κ1) is 40.1.